The zero-order chi connectivity index (χ0) is 10.8. The van der Waals surface area contributed by atoms with Crippen LogP contribution in [0.3, 0.4) is 0 Å². The van der Waals surface area contributed by atoms with Crippen LogP contribution in [0.5, 0.6) is 0 Å². The Bertz CT molecular complexity index is 262. The van der Waals surface area contributed by atoms with Crippen molar-refractivity contribution in [2.75, 3.05) is 0 Å². The lowest BCUT2D eigenvalue weighted by atomic mass is 10.0. The minimum absolute atomic E-state index is 1.10. The van der Waals surface area contributed by atoms with Crippen LogP contribution in [-0.4, -0.2) is 0 Å². The van der Waals surface area contributed by atoms with Crippen LogP contribution in [0.4, 0.5) is 0 Å². The maximum atomic E-state index is 3.82. The Hall–Kier alpha value is -1.30. The lowest BCUT2D eigenvalue weighted by Crippen LogP contribution is -1.82. The maximum absolute atomic E-state index is 3.82. The highest BCUT2D eigenvalue weighted by atomic mass is 14.0. The molecule has 0 N–H and O–H groups in total. The topological polar surface area (TPSA) is 0 Å². The van der Waals surface area contributed by atoms with E-state index in [4.69, 9.17) is 0 Å². The van der Waals surface area contributed by atoms with E-state index in [9.17, 15) is 0 Å². The Kier molecular flexibility index (Phi) is 7.53. The third-order valence-corrected chi connectivity index (χ3v) is 1.93. The fraction of sp³-hybridized carbons (Fsp3) is 0.286. The summed E-state index contributed by atoms with van der Waals surface area (Å²) in [4.78, 5) is 0. The molecular weight excluding hydrogens is 168 g/mol. The molecule has 0 unspecified atom stereocenters. The molecule has 0 aromatic carbocycles. The molecule has 0 saturated heterocycles. The van der Waals surface area contributed by atoms with Crippen molar-refractivity contribution in [3.05, 3.63) is 60.8 Å². The Morgan fingerprint density at radius 2 is 1.93 bits per heavy atom. The monoisotopic (exact) mass is 188 g/mol. The molecule has 0 radical (unpaired) electrons. The van der Waals surface area contributed by atoms with E-state index in [1.165, 1.54) is 17.6 Å². The van der Waals surface area contributed by atoms with E-state index in [0.717, 1.165) is 6.42 Å². The first-order valence-electron chi connectivity index (χ1n) is 5.08. The summed E-state index contributed by atoms with van der Waals surface area (Å²) in [5, 5.41) is 0. The Morgan fingerprint density at radius 1 is 1.21 bits per heavy atom. The van der Waals surface area contributed by atoms with Gasteiger partial charge in [0.25, 0.3) is 0 Å². The van der Waals surface area contributed by atoms with Crippen molar-refractivity contribution in [2.24, 2.45) is 0 Å². The summed E-state index contributed by atoms with van der Waals surface area (Å²) in [6.45, 7) is 11.7. The fourth-order valence-corrected chi connectivity index (χ4v) is 1.15. The van der Waals surface area contributed by atoms with Crippen LogP contribution >= 0.6 is 0 Å². The molecule has 0 rings (SSSR count). The molecule has 0 spiro atoms. The summed E-state index contributed by atoms with van der Waals surface area (Å²) in [5.74, 6) is 0. The number of allylic oxidation sites excluding steroid dienone is 8. The molecule has 0 aliphatic carbocycles. The first kappa shape index (κ1) is 12.7. The van der Waals surface area contributed by atoms with Crippen LogP contribution in [0.25, 0.3) is 0 Å². The van der Waals surface area contributed by atoms with Gasteiger partial charge in [0.2, 0.25) is 0 Å². The average molecular weight is 188 g/mol. The Morgan fingerprint density at radius 3 is 2.36 bits per heavy atom. The quantitative estimate of drug-likeness (QED) is 0.535. The molecule has 0 amide bonds. The van der Waals surface area contributed by atoms with Gasteiger partial charge < -0.3 is 0 Å². The normalized spacial score (nSPS) is 13.3. The summed E-state index contributed by atoms with van der Waals surface area (Å²) < 4.78 is 0. The van der Waals surface area contributed by atoms with E-state index in [-0.39, 0.29) is 0 Å². The third kappa shape index (κ3) is 4.66. The van der Waals surface area contributed by atoms with Gasteiger partial charge in [-0.1, -0.05) is 63.0 Å². The summed E-state index contributed by atoms with van der Waals surface area (Å²) >= 11 is 0. The van der Waals surface area contributed by atoms with Gasteiger partial charge in [-0.05, 0) is 24.5 Å². The van der Waals surface area contributed by atoms with Crippen molar-refractivity contribution < 1.29 is 0 Å². The van der Waals surface area contributed by atoms with E-state index in [1.54, 1.807) is 6.08 Å². The molecule has 0 saturated carbocycles. The highest BCUT2D eigenvalue weighted by Gasteiger charge is 1.94. The summed E-state index contributed by atoms with van der Waals surface area (Å²) in [5.41, 5.74) is 2.40. The van der Waals surface area contributed by atoms with E-state index >= 15 is 0 Å². The second-order valence-electron chi connectivity index (χ2n) is 2.99. The fourth-order valence-electron chi connectivity index (χ4n) is 1.15. The molecule has 0 heterocycles. The molecule has 0 aliphatic rings. The summed E-state index contributed by atoms with van der Waals surface area (Å²) in [6.07, 6.45) is 14.2. The van der Waals surface area contributed by atoms with Crippen molar-refractivity contribution in [3.63, 3.8) is 0 Å². The predicted octanol–water partition coefficient (Wildman–Crippen LogP) is 4.59. The lowest BCUT2D eigenvalue weighted by Gasteiger charge is -2.02. The van der Waals surface area contributed by atoms with Crippen LogP contribution < -0.4 is 0 Å². The van der Waals surface area contributed by atoms with Crippen LogP contribution in [-0.2, 0) is 0 Å². The van der Waals surface area contributed by atoms with Crippen LogP contribution in [0.15, 0.2) is 60.8 Å². The van der Waals surface area contributed by atoms with Gasteiger partial charge in [-0.2, -0.15) is 0 Å². The van der Waals surface area contributed by atoms with Crippen molar-refractivity contribution in [2.45, 2.75) is 26.7 Å². The molecule has 0 aromatic heterocycles. The van der Waals surface area contributed by atoms with Gasteiger partial charge in [-0.25, -0.2) is 0 Å². The maximum Gasteiger partial charge on any atom is -0.0230 e. The average Bonchev–Trinajstić information content (AvgIpc) is 2.23. The highest BCUT2D eigenvalue weighted by Crippen LogP contribution is 2.14. The standard InChI is InChI=1S/C14H20/c1-5-9-11-13(7-3)14(8-4)12-10-6-2/h5,7-9,11-12H,1,4,6,10H2,2-3H3/b11-9-,13-7+,14-12+. The Labute approximate surface area is 88.0 Å². The molecule has 0 aliphatic heterocycles. The molecule has 76 valence electrons. The van der Waals surface area contributed by atoms with Crippen molar-refractivity contribution in [3.8, 4) is 0 Å². The summed E-state index contributed by atoms with van der Waals surface area (Å²) in [7, 11) is 0. The molecule has 0 nitrogen and oxygen atoms in total. The van der Waals surface area contributed by atoms with E-state index < -0.39 is 0 Å². The van der Waals surface area contributed by atoms with Gasteiger partial charge in [0, 0.05) is 0 Å². The second kappa shape index (κ2) is 8.31. The van der Waals surface area contributed by atoms with Crippen LogP contribution in [0, 0.1) is 0 Å². The minimum Gasteiger partial charge on any atom is -0.0991 e. The Balaban J connectivity index is 4.71. The van der Waals surface area contributed by atoms with Crippen molar-refractivity contribution in [1.82, 2.24) is 0 Å². The predicted molar refractivity (Wildman–Crippen MR) is 66.3 cm³/mol. The minimum atomic E-state index is 1.10. The molecule has 0 fully saturated rings. The van der Waals surface area contributed by atoms with Gasteiger partial charge >= 0.3 is 0 Å². The molecule has 0 atom stereocenters. The zero-order valence-electron chi connectivity index (χ0n) is 9.29. The first-order chi connectivity index (χ1) is 6.79. The molecule has 14 heavy (non-hydrogen) atoms. The lowest BCUT2D eigenvalue weighted by molar-refractivity contribution is 0.954. The van der Waals surface area contributed by atoms with E-state index in [2.05, 4.69) is 38.3 Å². The molecule has 0 heteroatoms. The van der Waals surface area contributed by atoms with Gasteiger partial charge in [0.05, 0.1) is 0 Å². The van der Waals surface area contributed by atoms with Gasteiger partial charge in [0.15, 0.2) is 0 Å². The second-order valence-corrected chi connectivity index (χ2v) is 2.99. The third-order valence-electron chi connectivity index (χ3n) is 1.93. The molecular formula is C14H20. The van der Waals surface area contributed by atoms with Crippen molar-refractivity contribution >= 4 is 0 Å². The van der Waals surface area contributed by atoms with E-state index in [0.29, 0.717) is 0 Å². The largest absolute Gasteiger partial charge is 0.0991 e. The van der Waals surface area contributed by atoms with Crippen LogP contribution in [0.2, 0.25) is 0 Å². The molecule has 0 aromatic rings. The number of unbranched alkanes of at least 4 members (excludes halogenated alkanes) is 1. The highest BCUT2D eigenvalue weighted by molar-refractivity contribution is 5.45. The van der Waals surface area contributed by atoms with Gasteiger partial charge in [-0.3, -0.25) is 0 Å². The SMILES string of the molecule is C=C\C=C/C(=C\C)C(/C=C)=C/CCC. The van der Waals surface area contributed by atoms with Crippen LogP contribution in [0.1, 0.15) is 26.7 Å². The number of hydrogen-bond donors (Lipinski definition) is 0. The summed E-state index contributed by atoms with van der Waals surface area (Å²) in [6, 6.07) is 0. The number of rotatable bonds is 6. The van der Waals surface area contributed by atoms with E-state index in [1.807, 2.05) is 19.1 Å². The molecule has 0 bridgehead atoms. The van der Waals surface area contributed by atoms with Gasteiger partial charge in [0.1, 0.15) is 0 Å². The first-order valence-corrected chi connectivity index (χ1v) is 5.08. The van der Waals surface area contributed by atoms with Gasteiger partial charge in [-0.15, -0.1) is 0 Å². The number of hydrogen-bond acceptors (Lipinski definition) is 0. The van der Waals surface area contributed by atoms with Crippen molar-refractivity contribution in [1.29, 1.82) is 0 Å². The smallest absolute Gasteiger partial charge is 0.0230 e. The zero-order valence-corrected chi connectivity index (χ0v) is 9.29.